The van der Waals surface area contributed by atoms with Crippen LogP contribution in [0.15, 0.2) is 0 Å². The van der Waals surface area contributed by atoms with E-state index in [0.29, 0.717) is 0 Å². The van der Waals surface area contributed by atoms with E-state index in [9.17, 15) is 4.79 Å². The van der Waals surface area contributed by atoms with Gasteiger partial charge in [-0.25, -0.2) is 0 Å². The van der Waals surface area contributed by atoms with E-state index in [0.717, 1.165) is 31.0 Å². The zero-order valence-electron chi connectivity index (χ0n) is 8.61. The molecule has 0 spiro atoms. The summed E-state index contributed by atoms with van der Waals surface area (Å²) in [6.45, 7) is 4.14. The Bertz CT molecular complexity index is 190. The van der Waals surface area contributed by atoms with Crippen molar-refractivity contribution in [1.29, 1.82) is 0 Å². The minimum Gasteiger partial charge on any atom is -0.480 e. The Hall–Kier alpha value is -0.610. The molecular formula is C10H19NO3. The van der Waals surface area contributed by atoms with Crippen LogP contribution >= 0.6 is 0 Å². The lowest BCUT2D eigenvalue weighted by Crippen LogP contribution is -2.10. The first-order valence-electron chi connectivity index (χ1n) is 5.14. The zero-order valence-corrected chi connectivity index (χ0v) is 8.61. The SMILES string of the molecule is CC1CC1C1CCOC1.NCC(=O)O. The molecule has 2 aliphatic rings. The van der Waals surface area contributed by atoms with E-state index in [1.807, 2.05) is 0 Å². The van der Waals surface area contributed by atoms with Crippen molar-refractivity contribution in [2.75, 3.05) is 19.8 Å². The summed E-state index contributed by atoms with van der Waals surface area (Å²) < 4.78 is 5.31. The predicted octanol–water partition coefficient (Wildman–Crippen LogP) is 0.709. The minimum atomic E-state index is -0.968. The number of carbonyl (C=O) groups is 1. The topological polar surface area (TPSA) is 72.5 Å². The number of hydrogen-bond donors (Lipinski definition) is 2. The first kappa shape index (κ1) is 11.5. The van der Waals surface area contributed by atoms with Crippen LogP contribution in [-0.2, 0) is 9.53 Å². The summed E-state index contributed by atoms with van der Waals surface area (Å²) in [6.07, 6.45) is 2.79. The maximum Gasteiger partial charge on any atom is 0.317 e. The van der Waals surface area contributed by atoms with Crippen LogP contribution < -0.4 is 5.73 Å². The van der Waals surface area contributed by atoms with E-state index in [4.69, 9.17) is 9.84 Å². The molecule has 0 amide bonds. The molecule has 3 N–H and O–H groups in total. The second-order valence-electron chi connectivity index (χ2n) is 4.10. The monoisotopic (exact) mass is 201 g/mol. The van der Waals surface area contributed by atoms with Gasteiger partial charge in [-0.3, -0.25) is 4.79 Å². The van der Waals surface area contributed by atoms with Crippen LogP contribution in [0, 0.1) is 17.8 Å². The van der Waals surface area contributed by atoms with Crippen LogP contribution in [0.3, 0.4) is 0 Å². The molecule has 14 heavy (non-hydrogen) atoms. The first-order chi connectivity index (χ1) is 6.65. The highest BCUT2D eigenvalue weighted by Gasteiger charge is 2.40. The third kappa shape index (κ3) is 3.64. The Labute approximate surface area is 84.4 Å². The predicted molar refractivity (Wildman–Crippen MR) is 52.9 cm³/mol. The Morgan fingerprint density at radius 3 is 2.50 bits per heavy atom. The van der Waals surface area contributed by atoms with Crippen molar-refractivity contribution in [3.8, 4) is 0 Å². The summed E-state index contributed by atoms with van der Waals surface area (Å²) in [6, 6.07) is 0. The Balaban J connectivity index is 0.000000171. The van der Waals surface area contributed by atoms with Gasteiger partial charge < -0.3 is 15.6 Å². The van der Waals surface area contributed by atoms with E-state index >= 15 is 0 Å². The molecule has 1 aliphatic heterocycles. The zero-order chi connectivity index (χ0) is 10.6. The highest BCUT2D eigenvalue weighted by molar-refractivity contribution is 5.68. The van der Waals surface area contributed by atoms with Crippen LogP contribution in [0.25, 0.3) is 0 Å². The van der Waals surface area contributed by atoms with Crippen molar-refractivity contribution in [1.82, 2.24) is 0 Å². The van der Waals surface area contributed by atoms with Crippen molar-refractivity contribution < 1.29 is 14.6 Å². The molecule has 1 saturated heterocycles. The average Bonchev–Trinajstić information content (AvgIpc) is 2.71. The van der Waals surface area contributed by atoms with Crippen LogP contribution in [-0.4, -0.2) is 30.8 Å². The standard InChI is InChI=1S/C8H14O.C2H5NO2/c1-6-4-8(6)7-2-3-9-5-7;3-1-2(4)5/h6-8H,2-5H2,1H3;1,3H2,(H,4,5). The van der Waals surface area contributed by atoms with E-state index in [1.54, 1.807) is 0 Å². The third-order valence-electron chi connectivity index (χ3n) is 2.92. The van der Waals surface area contributed by atoms with E-state index < -0.39 is 5.97 Å². The molecule has 0 aromatic rings. The number of carboxylic acid groups (broad SMARTS) is 1. The normalized spacial score (nSPS) is 34.6. The van der Waals surface area contributed by atoms with Gasteiger partial charge in [-0.15, -0.1) is 0 Å². The van der Waals surface area contributed by atoms with Crippen molar-refractivity contribution >= 4 is 5.97 Å². The van der Waals surface area contributed by atoms with Gasteiger partial charge in [-0.05, 0) is 30.6 Å². The fourth-order valence-corrected chi connectivity index (χ4v) is 1.90. The van der Waals surface area contributed by atoms with Crippen LogP contribution in [0.1, 0.15) is 19.8 Å². The molecule has 1 heterocycles. The summed E-state index contributed by atoms with van der Waals surface area (Å²) in [5.41, 5.74) is 4.57. The lowest BCUT2D eigenvalue weighted by Gasteiger charge is -2.02. The van der Waals surface area contributed by atoms with Crippen molar-refractivity contribution in [2.24, 2.45) is 23.5 Å². The molecule has 1 aliphatic carbocycles. The molecule has 0 radical (unpaired) electrons. The third-order valence-corrected chi connectivity index (χ3v) is 2.92. The summed E-state index contributed by atoms with van der Waals surface area (Å²) in [4.78, 5) is 9.24. The number of nitrogens with two attached hydrogens (primary N) is 1. The van der Waals surface area contributed by atoms with Gasteiger partial charge in [0.05, 0.1) is 6.54 Å². The molecule has 0 bridgehead atoms. The first-order valence-corrected chi connectivity index (χ1v) is 5.14. The molecule has 2 fully saturated rings. The number of aliphatic carboxylic acids is 1. The fourth-order valence-electron chi connectivity index (χ4n) is 1.90. The molecule has 2 rings (SSSR count). The highest BCUT2D eigenvalue weighted by atomic mass is 16.5. The Morgan fingerprint density at radius 2 is 2.21 bits per heavy atom. The van der Waals surface area contributed by atoms with Gasteiger partial charge in [0.25, 0.3) is 0 Å². The maximum absolute atomic E-state index is 9.24. The van der Waals surface area contributed by atoms with E-state index in [2.05, 4.69) is 12.7 Å². The molecule has 3 atom stereocenters. The maximum atomic E-state index is 9.24. The lowest BCUT2D eigenvalue weighted by molar-refractivity contribution is -0.135. The summed E-state index contributed by atoms with van der Waals surface area (Å²) >= 11 is 0. The second-order valence-corrected chi connectivity index (χ2v) is 4.10. The molecule has 3 unspecified atom stereocenters. The number of ether oxygens (including phenoxy) is 1. The quantitative estimate of drug-likeness (QED) is 0.690. The fraction of sp³-hybridized carbons (Fsp3) is 0.900. The molecule has 4 heteroatoms. The van der Waals surface area contributed by atoms with Gasteiger partial charge in [0, 0.05) is 13.2 Å². The molecule has 82 valence electrons. The van der Waals surface area contributed by atoms with Gasteiger partial charge >= 0.3 is 5.97 Å². The van der Waals surface area contributed by atoms with Crippen LogP contribution in [0.2, 0.25) is 0 Å². The summed E-state index contributed by atoms with van der Waals surface area (Å²) in [5.74, 6) is 2.01. The number of hydrogen-bond acceptors (Lipinski definition) is 3. The van der Waals surface area contributed by atoms with Gasteiger partial charge in [0.2, 0.25) is 0 Å². The van der Waals surface area contributed by atoms with E-state index in [-0.39, 0.29) is 6.54 Å². The second kappa shape index (κ2) is 5.32. The largest absolute Gasteiger partial charge is 0.480 e. The molecule has 4 nitrogen and oxygen atoms in total. The van der Waals surface area contributed by atoms with Crippen molar-refractivity contribution in [3.05, 3.63) is 0 Å². The smallest absolute Gasteiger partial charge is 0.317 e. The van der Waals surface area contributed by atoms with Gasteiger partial charge in [-0.2, -0.15) is 0 Å². The van der Waals surface area contributed by atoms with Crippen LogP contribution in [0.5, 0.6) is 0 Å². The van der Waals surface area contributed by atoms with Crippen LogP contribution in [0.4, 0.5) is 0 Å². The summed E-state index contributed by atoms with van der Waals surface area (Å²) in [5, 5.41) is 7.60. The Kier molecular flexibility index (Phi) is 4.35. The number of carboxylic acids is 1. The Morgan fingerprint density at radius 1 is 1.64 bits per heavy atom. The average molecular weight is 201 g/mol. The molecule has 1 saturated carbocycles. The van der Waals surface area contributed by atoms with Gasteiger partial charge in [0.15, 0.2) is 0 Å². The van der Waals surface area contributed by atoms with E-state index in [1.165, 1.54) is 12.8 Å². The molecule has 0 aromatic carbocycles. The molecule has 0 aromatic heterocycles. The van der Waals surface area contributed by atoms with Gasteiger partial charge in [-0.1, -0.05) is 6.92 Å². The lowest BCUT2D eigenvalue weighted by atomic mass is 10.0. The highest BCUT2D eigenvalue weighted by Crippen LogP contribution is 2.46. The van der Waals surface area contributed by atoms with Crippen molar-refractivity contribution in [3.63, 3.8) is 0 Å². The van der Waals surface area contributed by atoms with Crippen molar-refractivity contribution in [2.45, 2.75) is 19.8 Å². The minimum absolute atomic E-state index is 0.278. The molecular weight excluding hydrogens is 182 g/mol. The number of rotatable bonds is 2. The van der Waals surface area contributed by atoms with Gasteiger partial charge in [0.1, 0.15) is 0 Å². The summed E-state index contributed by atoms with van der Waals surface area (Å²) in [7, 11) is 0.